The van der Waals surface area contributed by atoms with Gasteiger partial charge in [0.1, 0.15) is 0 Å². The molecule has 16 heavy (non-hydrogen) atoms. The predicted octanol–water partition coefficient (Wildman–Crippen LogP) is 1.35. The van der Waals surface area contributed by atoms with Crippen LogP contribution < -0.4 is 10.6 Å². The van der Waals surface area contributed by atoms with Gasteiger partial charge in [-0.25, -0.2) is 0 Å². The van der Waals surface area contributed by atoms with Gasteiger partial charge in [-0.05, 0) is 26.1 Å². The van der Waals surface area contributed by atoms with Gasteiger partial charge in [-0.1, -0.05) is 0 Å². The largest absolute Gasteiger partial charge is 0.366 e. The van der Waals surface area contributed by atoms with Crippen LogP contribution in [0.5, 0.6) is 0 Å². The third-order valence-corrected chi connectivity index (χ3v) is 3.62. The highest BCUT2D eigenvalue weighted by atomic mass is 32.2. The lowest BCUT2D eigenvalue weighted by Crippen LogP contribution is -2.33. The molecule has 3 N–H and O–H groups in total. The van der Waals surface area contributed by atoms with E-state index in [1.807, 2.05) is 25.7 Å². The lowest BCUT2D eigenvalue weighted by atomic mass is 10.2. The molecular weight excluding hydrogens is 240 g/mol. The van der Waals surface area contributed by atoms with E-state index >= 15 is 0 Å². The molecule has 6 heteroatoms. The first-order valence-electron chi connectivity index (χ1n) is 5.19. The van der Waals surface area contributed by atoms with E-state index in [0.29, 0.717) is 5.11 Å². The van der Waals surface area contributed by atoms with E-state index in [2.05, 4.69) is 27.8 Å². The number of rotatable bonds is 5. The molecule has 90 valence electrons. The number of thioether (sulfide) groups is 1. The fourth-order valence-electron chi connectivity index (χ4n) is 1.29. The van der Waals surface area contributed by atoms with Crippen molar-refractivity contribution in [2.24, 2.45) is 0 Å². The highest BCUT2D eigenvalue weighted by Crippen LogP contribution is 2.16. The van der Waals surface area contributed by atoms with Crippen LogP contribution in [-0.2, 0) is 5.75 Å². The van der Waals surface area contributed by atoms with Gasteiger partial charge in [0.2, 0.25) is 0 Å². The maximum Gasteiger partial charge on any atom is 0.166 e. The number of nitrogens with one attached hydrogen (secondary N) is 3. The molecule has 0 aliphatic carbocycles. The summed E-state index contributed by atoms with van der Waals surface area (Å²) in [4.78, 5) is 0. The molecule has 1 aromatic heterocycles. The molecule has 0 aliphatic rings. The van der Waals surface area contributed by atoms with Crippen molar-refractivity contribution in [3.63, 3.8) is 0 Å². The Morgan fingerprint density at radius 3 is 2.81 bits per heavy atom. The summed E-state index contributed by atoms with van der Waals surface area (Å²) in [6.45, 7) is 4.98. The lowest BCUT2D eigenvalue weighted by Gasteiger charge is -2.06. The van der Waals surface area contributed by atoms with Crippen LogP contribution in [-0.4, -0.2) is 34.7 Å². The number of aromatic amines is 1. The first-order valence-corrected chi connectivity index (χ1v) is 6.75. The number of aryl methyl sites for hydroxylation is 2. The van der Waals surface area contributed by atoms with Gasteiger partial charge in [-0.2, -0.15) is 16.9 Å². The van der Waals surface area contributed by atoms with Crippen molar-refractivity contribution in [2.45, 2.75) is 19.6 Å². The average Bonchev–Trinajstić information content (AvgIpc) is 2.59. The Kier molecular flexibility index (Phi) is 5.62. The number of thiocarbonyl (C=S) groups is 1. The molecule has 0 radical (unpaired) electrons. The molecule has 0 spiro atoms. The van der Waals surface area contributed by atoms with Crippen molar-refractivity contribution in [2.75, 3.05) is 19.3 Å². The van der Waals surface area contributed by atoms with Crippen LogP contribution >= 0.6 is 24.0 Å². The van der Waals surface area contributed by atoms with E-state index in [1.165, 1.54) is 11.3 Å². The highest BCUT2D eigenvalue weighted by molar-refractivity contribution is 7.98. The molecule has 0 atom stereocenters. The molecule has 0 aromatic carbocycles. The lowest BCUT2D eigenvalue weighted by molar-refractivity contribution is 0.943. The quantitative estimate of drug-likeness (QED) is 0.550. The first kappa shape index (κ1) is 13.3. The first-order chi connectivity index (χ1) is 7.65. The van der Waals surface area contributed by atoms with Crippen LogP contribution in [0.4, 0.5) is 0 Å². The van der Waals surface area contributed by atoms with E-state index in [-0.39, 0.29) is 0 Å². The molecular formula is C10H18N4S2. The minimum absolute atomic E-state index is 0.705. The van der Waals surface area contributed by atoms with Crippen LogP contribution in [0.3, 0.4) is 0 Å². The molecule has 0 amide bonds. The monoisotopic (exact) mass is 258 g/mol. The van der Waals surface area contributed by atoms with Gasteiger partial charge in [-0.3, -0.25) is 5.10 Å². The van der Waals surface area contributed by atoms with E-state index in [1.54, 1.807) is 0 Å². The van der Waals surface area contributed by atoms with Gasteiger partial charge in [0.05, 0.1) is 5.69 Å². The van der Waals surface area contributed by atoms with E-state index in [4.69, 9.17) is 12.2 Å². The molecule has 1 rings (SSSR count). The number of hydrogen-bond acceptors (Lipinski definition) is 3. The van der Waals surface area contributed by atoms with Crippen molar-refractivity contribution in [3.05, 3.63) is 17.0 Å². The number of nitrogens with zero attached hydrogens (tertiary/aromatic N) is 1. The smallest absolute Gasteiger partial charge is 0.166 e. The fourth-order valence-corrected chi connectivity index (χ4v) is 2.41. The topological polar surface area (TPSA) is 52.7 Å². The van der Waals surface area contributed by atoms with Gasteiger partial charge in [-0.15, -0.1) is 0 Å². The third-order valence-electron chi connectivity index (χ3n) is 2.29. The fraction of sp³-hybridized carbons (Fsp3) is 0.600. The van der Waals surface area contributed by atoms with Crippen molar-refractivity contribution in [3.8, 4) is 0 Å². The molecule has 0 saturated heterocycles. The Balaban J connectivity index is 2.19. The third kappa shape index (κ3) is 4.02. The van der Waals surface area contributed by atoms with Gasteiger partial charge in [0, 0.05) is 36.4 Å². The second kappa shape index (κ2) is 6.75. The van der Waals surface area contributed by atoms with E-state index in [9.17, 15) is 0 Å². The van der Waals surface area contributed by atoms with Crippen molar-refractivity contribution >= 4 is 29.1 Å². The van der Waals surface area contributed by atoms with Crippen LogP contribution in [0.1, 0.15) is 17.0 Å². The summed E-state index contributed by atoms with van der Waals surface area (Å²) in [5.41, 5.74) is 3.59. The van der Waals surface area contributed by atoms with Gasteiger partial charge >= 0.3 is 0 Å². The molecule has 0 saturated carbocycles. The molecule has 0 unspecified atom stereocenters. The zero-order valence-electron chi connectivity index (χ0n) is 9.89. The summed E-state index contributed by atoms with van der Waals surface area (Å²) >= 11 is 6.86. The number of H-pyrrole nitrogens is 1. The Morgan fingerprint density at radius 1 is 1.50 bits per heavy atom. The maximum atomic E-state index is 4.98. The van der Waals surface area contributed by atoms with Crippen LogP contribution in [0, 0.1) is 13.8 Å². The number of aromatic nitrogens is 2. The Morgan fingerprint density at radius 2 is 2.25 bits per heavy atom. The highest BCUT2D eigenvalue weighted by Gasteiger charge is 2.05. The SMILES string of the molecule is CNC(=S)NCCSCc1c(C)n[nH]c1C. The van der Waals surface area contributed by atoms with Gasteiger partial charge in [0.25, 0.3) is 0 Å². The summed E-state index contributed by atoms with van der Waals surface area (Å²) in [7, 11) is 1.82. The van der Waals surface area contributed by atoms with Crippen LogP contribution in [0.2, 0.25) is 0 Å². The van der Waals surface area contributed by atoms with E-state index in [0.717, 1.165) is 23.7 Å². The molecule has 1 aromatic rings. The molecule has 0 aliphatic heterocycles. The standard InChI is InChI=1S/C10H18N4S2/c1-7-9(8(2)14-13-7)6-16-5-4-12-10(15)11-3/h4-6H2,1-3H3,(H,13,14)(H2,11,12,15). The summed E-state index contributed by atoms with van der Waals surface area (Å²) in [6.07, 6.45) is 0. The molecule has 0 fully saturated rings. The average molecular weight is 258 g/mol. The van der Waals surface area contributed by atoms with Crippen molar-refractivity contribution in [1.29, 1.82) is 0 Å². The minimum atomic E-state index is 0.705. The van der Waals surface area contributed by atoms with Crippen molar-refractivity contribution < 1.29 is 0 Å². The second-order valence-corrected chi connectivity index (χ2v) is 4.98. The van der Waals surface area contributed by atoms with Crippen LogP contribution in [0.25, 0.3) is 0 Å². The minimum Gasteiger partial charge on any atom is -0.366 e. The summed E-state index contributed by atoms with van der Waals surface area (Å²) in [5.74, 6) is 2.04. The molecule has 1 heterocycles. The van der Waals surface area contributed by atoms with E-state index < -0.39 is 0 Å². The van der Waals surface area contributed by atoms with Crippen LogP contribution in [0.15, 0.2) is 0 Å². The second-order valence-electron chi connectivity index (χ2n) is 3.47. The molecule has 0 bridgehead atoms. The summed E-state index contributed by atoms with van der Waals surface area (Å²) < 4.78 is 0. The zero-order valence-corrected chi connectivity index (χ0v) is 11.5. The Bertz CT molecular complexity index is 329. The Hall–Kier alpha value is -0.750. The molecule has 4 nitrogen and oxygen atoms in total. The normalized spacial score (nSPS) is 10.2. The summed E-state index contributed by atoms with van der Waals surface area (Å²) in [6, 6.07) is 0. The van der Waals surface area contributed by atoms with Gasteiger partial charge in [0.15, 0.2) is 5.11 Å². The summed E-state index contributed by atoms with van der Waals surface area (Å²) in [5, 5.41) is 13.9. The number of hydrogen-bond donors (Lipinski definition) is 3. The van der Waals surface area contributed by atoms with Crippen molar-refractivity contribution in [1.82, 2.24) is 20.8 Å². The zero-order chi connectivity index (χ0) is 12.0. The predicted molar refractivity (Wildman–Crippen MR) is 73.9 cm³/mol. The maximum absolute atomic E-state index is 4.98. The Labute approximate surface area is 106 Å². The van der Waals surface area contributed by atoms with Gasteiger partial charge < -0.3 is 10.6 Å².